The van der Waals surface area contributed by atoms with Gasteiger partial charge >= 0.3 is 0 Å². The Morgan fingerprint density at radius 2 is 2.10 bits per heavy atom. The molecule has 0 aromatic carbocycles. The van der Waals surface area contributed by atoms with Gasteiger partial charge in [-0.05, 0) is 12.8 Å². The zero-order chi connectivity index (χ0) is 14.9. The molecule has 1 aliphatic heterocycles. The summed E-state index contributed by atoms with van der Waals surface area (Å²) < 4.78 is 25.3. The van der Waals surface area contributed by atoms with Gasteiger partial charge < -0.3 is 5.32 Å². The van der Waals surface area contributed by atoms with Gasteiger partial charge in [-0.25, -0.2) is 18.4 Å². The molecule has 7 nitrogen and oxygen atoms in total. The summed E-state index contributed by atoms with van der Waals surface area (Å²) in [6, 6.07) is -0.267. The van der Waals surface area contributed by atoms with Crippen LogP contribution >= 0.6 is 11.3 Å². The van der Waals surface area contributed by atoms with Crippen LogP contribution in [0.25, 0.3) is 0 Å². The molecule has 21 heavy (non-hydrogen) atoms. The molecule has 3 rings (SSSR count). The predicted octanol–water partition coefficient (Wildman–Crippen LogP) is 1.77. The maximum Gasteiger partial charge on any atom is 0.211 e. The molecular formula is C12H15N5O2S2. The molecule has 0 spiro atoms. The van der Waals surface area contributed by atoms with Crippen LogP contribution in [0, 0.1) is 0 Å². The normalized spacial score (nSPS) is 19.8. The molecule has 0 bridgehead atoms. The molecule has 3 heterocycles. The molecule has 0 saturated carbocycles. The SMILES string of the molecule is CS(=O)(=O)N1CCC[C@@H]1c1nccnc1Nc1nccs1. The summed E-state index contributed by atoms with van der Waals surface area (Å²) >= 11 is 1.45. The highest BCUT2D eigenvalue weighted by atomic mass is 32.2. The summed E-state index contributed by atoms with van der Waals surface area (Å²) in [7, 11) is -3.25. The number of aromatic nitrogens is 3. The number of hydrogen-bond acceptors (Lipinski definition) is 7. The Hall–Kier alpha value is -1.58. The molecule has 0 amide bonds. The van der Waals surface area contributed by atoms with Gasteiger partial charge in [0.05, 0.1) is 12.3 Å². The Kier molecular flexibility index (Phi) is 3.87. The Bertz CT molecular complexity index is 717. The molecular weight excluding hydrogens is 310 g/mol. The first-order valence-corrected chi connectivity index (χ1v) is 9.23. The van der Waals surface area contributed by atoms with Crippen molar-refractivity contribution in [2.75, 3.05) is 18.1 Å². The Morgan fingerprint density at radius 1 is 1.29 bits per heavy atom. The summed E-state index contributed by atoms with van der Waals surface area (Å²) in [6.45, 7) is 0.525. The lowest BCUT2D eigenvalue weighted by atomic mass is 10.1. The maximum atomic E-state index is 11.9. The minimum Gasteiger partial charge on any atom is -0.315 e. The standard InChI is InChI=1S/C12H15N5O2S2/c1-21(18,19)17-7-2-3-9(17)10-11(14-5-4-13-10)16-12-15-6-8-20-12/h4-6,8-9H,2-3,7H2,1H3,(H,14,15,16)/t9-/m1/s1. The molecule has 0 aliphatic carbocycles. The highest BCUT2D eigenvalue weighted by molar-refractivity contribution is 7.88. The molecule has 1 N–H and O–H groups in total. The average Bonchev–Trinajstić information content (AvgIpc) is 3.08. The van der Waals surface area contributed by atoms with Crippen LogP contribution in [0.2, 0.25) is 0 Å². The van der Waals surface area contributed by atoms with Crippen molar-refractivity contribution in [3.63, 3.8) is 0 Å². The second kappa shape index (κ2) is 5.66. The van der Waals surface area contributed by atoms with Crippen molar-refractivity contribution in [3.05, 3.63) is 29.7 Å². The van der Waals surface area contributed by atoms with Crippen LogP contribution in [0.1, 0.15) is 24.6 Å². The quantitative estimate of drug-likeness (QED) is 0.922. The van der Waals surface area contributed by atoms with Crippen LogP contribution in [0.5, 0.6) is 0 Å². The van der Waals surface area contributed by atoms with E-state index in [1.807, 2.05) is 5.38 Å². The summed E-state index contributed by atoms with van der Waals surface area (Å²) in [5.74, 6) is 0.563. The number of nitrogens with zero attached hydrogens (tertiary/aromatic N) is 4. The molecule has 2 aromatic rings. The molecule has 1 saturated heterocycles. The van der Waals surface area contributed by atoms with E-state index in [1.165, 1.54) is 21.9 Å². The van der Waals surface area contributed by atoms with E-state index in [0.717, 1.165) is 12.8 Å². The first-order chi connectivity index (χ1) is 10.1. The van der Waals surface area contributed by atoms with Gasteiger partial charge in [-0.2, -0.15) is 4.31 Å². The average molecular weight is 325 g/mol. The van der Waals surface area contributed by atoms with Crippen molar-refractivity contribution in [3.8, 4) is 0 Å². The van der Waals surface area contributed by atoms with E-state index < -0.39 is 10.0 Å². The van der Waals surface area contributed by atoms with Crippen LogP contribution in [0.15, 0.2) is 24.0 Å². The van der Waals surface area contributed by atoms with Crippen LogP contribution in [-0.4, -0.2) is 40.5 Å². The van der Waals surface area contributed by atoms with E-state index in [4.69, 9.17) is 0 Å². The van der Waals surface area contributed by atoms with Gasteiger partial charge in [-0.3, -0.25) is 4.98 Å². The number of nitrogens with one attached hydrogen (secondary N) is 1. The molecule has 9 heteroatoms. The largest absolute Gasteiger partial charge is 0.315 e. The zero-order valence-corrected chi connectivity index (χ0v) is 13.1. The van der Waals surface area contributed by atoms with E-state index in [9.17, 15) is 8.42 Å². The van der Waals surface area contributed by atoms with Gasteiger partial charge in [0.2, 0.25) is 10.0 Å². The lowest BCUT2D eigenvalue weighted by Crippen LogP contribution is -2.30. The van der Waals surface area contributed by atoms with Crippen LogP contribution in [0.3, 0.4) is 0 Å². The minimum atomic E-state index is -3.25. The topological polar surface area (TPSA) is 88.1 Å². The van der Waals surface area contributed by atoms with E-state index in [1.54, 1.807) is 18.6 Å². The molecule has 1 atom stereocenters. The number of rotatable bonds is 4. The van der Waals surface area contributed by atoms with Crippen molar-refractivity contribution in [1.82, 2.24) is 19.3 Å². The third-order valence-corrected chi connectivity index (χ3v) is 5.31. The third-order valence-electron chi connectivity index (χ3n) is 3.33. The predicted molar refractivity (Wildman–Crippen MR) is 81.0 cm³/mol. The summed E-state index contributed by atoms with van der Waals surface area (Å²) in [4.78, 5) is 12.8. The highest BCUT2D eigenvalue weighted by Crippen LogP contribution is 2.36. The highest BCUT2D eigenvalue weighted by Gasteiger charge is 2.35. The zero-order valence-electron chi connectivity index (χ0n) is 11.4. The number of hydrogen-bond donors (Lipinski definition) is 1. The van der Waals surface area contributed by atoms with Gasteiger partial charge in [0, 0.05) is 30.5 Å². The molecule has 0 radical (unpaired) electrons. The van der Waals surface area contributed by atoms with E-state index in [-0.39, 0.29) is 6.04 Å². The number of sulfonamides is 1. The smallest absolute Gasteiger partial charge is 0.211 e. The van der Waals surface area contributed by atoms with Gasteiger partial charge in [0.25, 0.3) is 0 Å². The molecule has 0 unspecified atom stereocenters. The van der Waals surface area contributed by atoms with E-state index >= 15 is 0 Å². The maximum absolute atomic E-state index is 11.9. The van der Waals surface area contributed by atoms with Gasteiger partial charge in [0.1, 0.15) is 5.69 Å². The molecule has 1 fully saturated rings. The van der Waals surface area contributed by atoms with E-state index in [2.05, 4.69) is 20.3 Å². The molecule has 2 aromatic heterocycles. The number of thiazole rings is 1. The second-order valence-corrected chi connectivity index (χ2v) is 7.61. The minimum absolute atomic E-state index is 0.267. The lowest BCUT2D eigenvalue weighted by Gasteiger charge is -2.22. The van der Waals surface area contributed by atoms with Gasteiger partial charge in [-0.1, -0.05) is 0 Å². The second-order valence-electron chi connectivity index (χ2n) is 4.78. The lowest BCUT2D eigenvalue weighted by molar-refractivity contribution is 0.394. The Morgan fingerprint density at radius 3 is 2.81 bits per heavy atom. The van der Waals surface area contributed by atoms with Crippen molar-refractivity contribution < 1.29 is 8.42 Å². The summed E-state index contributed by atoms with van der Waals surface area (Å²) in [5.41, 5.74) is 0.649. The fourth-order valence-electron chi connectivity index (χ4n) is 2.49. The Balaban J connectivity index is 1.95. The first-order valence-electron chi connectivity index (χ1n) is 6.50. The summed E-state index contributed by atoms with van der Waals surface area (Å²) in [5, 5.41) is 5.68. The van der Waals surface area contributed by atoms with Crippen LogP contribution in [0.4, 0.5) is 10.9 Å². The first kappa shape index (κ1) is 14.4. The van der Waals surface area contributed by atoms with Crippen molar-refractivity contribution in [1.29, 1.82) is 0 Å². The van der Waals surface area contributed by atoms with Gasteiger partial charge in [0.15, 0.2) is 10.9 Å². The van der Waals surface area contributed by atoms with Crippen LogP contribution < -0.4 is 5.32 Å². The molecule has 112 valence electrons. The van der Waals surface area contributed by atoms with Gasteiger partial charge in [-0.15, -0.1) is 11.3 Å². The number of anilines is 2. The van der Waals surface area contributed by atoms with Crippen molar-refractivity contribution in [2.45, 2.75) is 18.9 Å². The fraction of sp³-hybridized carbons (Fsp3) is 0.417. The fourth-order valence-corrected chi connectivity index (χ4v) is 4.14. The van der Waals surface area contributed by atoms with E-state index in [0.29, 0.717) is 23.2 Å². The van der Waals surface area contributed by atoms with Crippen molar-refractivity contribution in [2.24, 2.45) is 0 Å². The van der Waals surface area contributed by atoms with Crippen molar-refractivity contribution >= 4 is 32.3 Å². The third kappa shape index (κ3) is 3.04. The van der Waals surface area contributed by atoms with Crippen LogP contribution in [-0.2, 0) is 10.0 Å². The monoisotopic (exact) mass is 325 g/mol. The summed E-state index contributed by atoms with van der Waals surface area (Å²) in [6.07, 6.45) is 7.67. The Labute approximate surface area is 127 Å². The molecule has 1 aliphatic rings.